The Hall–Kier alpha value is 0.254. The summed E-state index contributed by atoms with van der Waals surface area (Å²) >= 11 is 0. The smallest absolute Gasteiger partial charge is 0 e. The van der Waals surface area contributed by atoms with Crippen LogP contribution in [0.15, 0.2) is 0 Å². The summed E-state index contributed by atoms with van der Waals surface area (Å²) in [5.74, 6) is 0. The second-order valence-corrected chi connectivity index (χ2v) is 2.56. The van der Waals surface area contributed by atoms with Gasteiger partial charge in [-0.1, -0.05) is 19.3 Å². The fourth-order valence-electron chi connectivity index (χ4n) is 0.265. The molecule has 0 rings (SSSR count). The first kappa shape index (κ1) is 25.2. The van der Waals surface area contributed by atoms with Gasteiger partial charge in [0.1, 0.15) is 0 Å². The van der Waals surface area contributed by atoms with Gasteiger partial charge in [0.2, 0.25) is 0 Å². The summed E-state index contributed by atoms with van der Waals surface area (Å²) in [6.07, 6.45) is 2.17. The van der Waals surface area contributed by atoms with Gasteiger partial charge in [0, 0.05) is 16.5 Å². The molecular formula is C9H24N6Ni-6. The molecule has 0 heterocycles. The Morgan fingerprint density at radius 3 is 0.500 bits per heavy atom. The van der Waals surface area contributed by atoms with E-state index in [-0.39, 0.29) is 16.5 Å². The Morgan fingerprint density at radius 2 is 0.500 bits per heavy atom. The molecule has 0 atom stereocenters. The molecule has 0 aliphatic heterocycles. The van der Waals surface area contributed by atoms with E-state index in [9.17, 15) is 0 Å². The summed E-state index contributed by atoms with van der Waals surface area (Å²) in [6, 6.07) is 0. The van der Waals surface area contributed by atoms with Crippen molar-refractivity contribution in [2.45, 2.75) is 19.3 Å². The number of nitrogens with one attached hydrogen (secondary N) is 6. The molecule has 7 heteroatoms. The third kappa shape index (κ3) is 64.0. The normalized spacial score (nSPS) is 7.88. The zero-order valence-corrected chi connectivity index (χ0v) is 10.7. The van der Waals surface area contributed by atoms with Crippen LogP contribution in [-0.4, -0.2) is 39.3 Å². The second kappa shape index (κ2) is 36.2. The summed E-state index contributed by atoms with van der Waals surface area (Å²) < 4.78 is 0. The van der Waals surface area contributed by atoms with Gasteiger partial charge in [-0.15, -0.1) is 0 Å². The molecule has 0 aliphatic rings. The molecule has 0 bridgehead atoms. The SMILES string of the molecule is [NH-]CCC[NH-].[NH-]CCC[NH-].[NH-]CCC[NH-].[Ni]. The maximum Gasteiger partial charge on any atom is 0 e. The van der Waals surface area contributed by atoms with E-state index in [0.29, 0.717) is 39.3 Å². The molecule has 6 N–H and O–H groups in total. The molecule has 6 nitrogen and oxygen atoms in total. The molecule has 0 aliphatic carbocycles. The second-order valence-electron chi connectivity index (χ2n) is 2.56. The minimum absolute atomic E-state index is 0. The van der Waals surface area contributed by atoms with Crippen molar-refractivity contribution in [3.05, 3.63) is 34.4 Å². The molecular weight excluding hydrogens is 251 g/mol. The van der Waals surface area contributed by atoms with Crippen molar-refractivity contribution < 1.29 is 16.5 Å². The van der Waals surface area contributed by atoms with Gasteiger partial charge < -0.3 is 34.4 Å². The third-order valence-electron chi connectivity index (χ3n) is 1.06. The Kier molecular flexibility index (Phi) is 57.0. The van der Waals surface area contributed by atoms with Gasteiger partial charge >= 0.3 is 0 Å². The van der Waals surface area contributed by atoms with Crippen LogP contribution >= 0.6 is 0 Å². The van der Waals surface area contributed by atoms with Crippen LogP contribution in [-0.2, 0) is 16.5 Å². The van der Waals surface area contributed by atoms with Crippen molar-refractivity contribution in [3.8, 4) is 0 Å². The van der Waals surface area contributed by atoms with Crippen molar-refractivity contribution in [1.82, 2.24) is 0 Å². The summed E-state index contributed by atoms with van der Waals surface area (Å²) in [5, 5.41) is 0. The maximum atomic E-state index is 6.48. The van der Waals surface area contributed by atoms with E-state index in [1.165, 1.54) is 0 Å². The molecule has 0 fully saturated rings. The minimum Gasteiger partial charge on any atom is -0.677 e. The summed E-state index contributed by atoms with van der Waals surface area (Å²) in [7, 11) is 0. The molecule has 0 saturated carbocycles. The molecule has 106 valence electrons. The largest absolute Gasteiger partial charge is 0.677 e. The molecule has 0 amide bonds. The number of rotatable bonds is 6. The Labute approximate surface area is 110 Å². The molecule has 0 radical (unpaired) electrons. The van der Waals surface area contributed by atoms with E-state index in [0.717, 1.165) is 19.3 Å². The van der Waals surface area contributed by atoms with Crippen LogP contribution in [0, 0.1) is 0 Å². The van der Waals surface area contributed by atoms with E-state index < -0.39 is 0 Å². The van der Waals surface area contributed by atoms with Crippen molar-refractivity contribution >= 4 is 0 Å². The van der Waals surface area contributed by atoms with E-state index >= 15 is 0 Å². The molecule has 0 aromatic heterocycles. The predicted octanol–water partition coefficient (Wildman–Crippen LogP) is 4.44. The van der Waals surface area contributed by atoms with Crippen molar-refractivity contribution in [1.29, 1.82) is 0 Å². The maximum absolute atomic E-state index is 6.48. The Morgan fingerprint density at radius 1 is 0.375 bits per heavy atom. The van der Waals surface area contributed by atoms with Gasteiger partial charge in [0.05, 0.1) is 0 Å². The number of hydrogen-bond donors (Lipinski definition) is 0. The topological polar surface area (TPSA) is 143 Å². The van der Waals surface area contributed by atoms with Crippen LogP contribution in [0.25, 0.3) is 34.4 Å². The standard InChI is InChI=1S/3C3H8N2.Ni/c3*4-2-1-3-5;/h3*4-5H,1-3H2;/q3*-2;. The van der Waals surface area contributed by atoms with Crippen molar-refractivity contribution in [2.24, 2.45) is 0 Å². The summed E-state index contributed by atoms with van der Waals surface area (Å²) in [4.78, 5) is 0. The Balaban J connectivity index is -0.0000000655. The predicted molar refractivity (Wildman–Crippen MR) is 69.0 cm³/mol. The monoisotopic (exact) mass is 274 g/mol. The molecule has 0 unspecified atom stereocenters. The summed E-state index contributed by atoms with van der Waals surface area (Å²) in [6.45, 7) is 2.44. The van der Waals surface area contributed by atoms with E-state index in [1.54, 1.807) is 0 Å². The van der Waals surface area contributed by atoms with Crippen molar-refractivity contribution in [2.75, 3.05) is 39.3 Å². The Bertz CT molecular complexity index is 56.8. The van der Waals surface area contributed by atoms with Crippen LogP contribution < -0.4 is 0 Å². The van der Waals surface area contributed by atoms with Crippen molar-refractivity contribution in [3.63, 3.8) is 0 Å². The van der Waals surface area contributed by atoms with Gasteiger partial charge in [-0.3, -0.25) is 0 Å². The van der Waals surface area contributed by atoms with Gasteiger partial charge in [-0.25, -0.2) is 0 Å². The van der Waals surface area contributed by atoms with Crippen LogP contribution in [0.3, 0.4) is 0 Å². The fourth-order valence-corrected chi connectivity index (χ4v) is 0.265. The van der Waals surface area contributed by atoms with Crippen LogP contribution in [0.2, 0.25) is 0 Å². The zero-order chi connectivity index (χ0) is 12.4. The zero-order valence-electron chi connectivity index (χ0n) is 9.68. The first-order valence-electron chi connectivity index (χ1n) is 5.12. The van der Waals surface area contributed by atoms with Gasteiger partial charge in [0.15, 0.2) is 0 Å². The first-order chi connectivity index (χ1) is 7.24. The van der Waals surface area contributed by atoms with E-state index in [4.69, 9.17) is 34.4 Å². The molecule has 0 saturated heterocycles. The van der Waals surface area contributed by atoms with Crippen LogP contribution in [0.4, 0.5) is 0 Å². The van der Waals surface area contributed by atoms with Crippen LogP contribution in [0.1, 0.15) is 19.3 Å². The third-order valence-corrected chi connectivity index (χ3v) is 1.06. The quantitative estimate of drug-likeness (QED) is 0.631. The first-order valence-corrected chi connectivity index (χ1v) is 5.12. The average molecular weight is 275 g/mol. The fraction of sp³-hybridized carbons (Fsp3) is 1.00. The molecule has 0 aromatic rings. The van der Waals surface area contributed by atoms with Gasteiger partial charge in [0.25, 0.3) is 0 Å². The molecule has 16 heavy (non-hydrogen) atoms. The number of hydrogen-bond acceptors (Lipinski definition) is 0. The minimum atomic E-state index is 0. The summed E-state index contributed by atoms with van der Waals surface area (Å²) in [5.41, 5.74) is 38.9. The van der Waals surface area contributed by atoms with E-state index in [2.05, 4.69) is 0 Å². The van der Waals surface area contributed by atoms with E-state index in [1.807, 2.05) is 0 Å². The molecule has 0 spiro atoms. The average Bonchev–Trinajstić information content (AvgIpc) is 2.23. The van der Waals surface area contributed by atoms with Gasteiger partial charge in [-0.05, 0) is 0 Å². The van der Waals surface area contributed by atoms with Crippen LogP contribution in [0.5, 0.6) is 0 Å². The van der Waals surface area contributed by atoms with Gasteiger partial charge in [-0.2, -0.15) is 39.3 Å². The molecule has 0 aromatic carbocycles.